The smallest absolute Gasteiger partial charge is 0.328 e. The fourth-order valence-corrected chi connectivity index (χ4v) is 1.09. The number of carboxylic acids is 1. The Bertz CT molecular complexity index is 370. The van der Waals surface area contributed by atoms with Crippen molar-refractivity contribution in [1.29, 1.82) is 0 Å². The first-order valence-electron chi connectivity index (χ1n) is 3.94. The minimum Gasteiger partial charge on any atom is -0.507 e. The highest BCUT2D eigenvalue weighted by Crippen LogP contribution is 2.29. The first kappa shape index (κ1) is 10.1. The van der Waals surface area contributed by atoms with E-state index in [4.69, 9.17) is 5.11 Å². The van der Waals surface area contributed by atoms with Crippen molar-refractivity contribution in [2.45, 2.75) is 6.92 Å². The number of phenols is 2. The number of rotatable bonds is 2. The van der Waals surface area contributed by atoms with Crippen molar-refractivity contribution >= 4 is 12.0 Å². The van der Waals surface area contributed by atoms with Crippen LogP contribution in [0.15, 0.2) is 18.2 Å². The highest BCUT2D eigenvalue weighted by Gasteiger charge is 2.05. The zero-order valence-corrected chi connectivity index (χ0v) is 7.56. The van der Waals surface area contributed by atoms with Crippen LogP contribution < -0.4 is 0 Å². The van der Waals surface area contributed by atoms with Crippen molar-refractivity contribution in [1.82, 2.24) is 0 Å². The predicted octanol–water partition coefficient (Wildman–Crippen LogP) is 1.50. The van der Waals surface area contributed by atoms with E-state index in [-0.39, 0.29) is 17.1 Å². The number of aliphatic carboxylic acids is 1. The lowest BCUT2D eigenvalue weighted by atomic mass is 10.1. The van der Waals surface area contributed by atoms with Gasteiger partial charge in [0.25, 0.3) is 0 Å². The topological polar surface area (TPSA) is 77.8 Å². The Hall–Kier alpha value is -1.97. The Kier molecular flexibility index (Phi) is 2.76. The van der Waals surface area contributed by atoms with Gasteiger partial charge in [-0.1, -0.05) is 0 Å². The Labute approximate surface area is 80.7 Å². The minimum absolute atomic E-state index is 0.109. The molecule has 0 aliphatic rings. The quantitative estimate of drug-likeness (QED) is 0.623. The molecule has 0 aliphatic heterocycles. The highest BCUT2D eigenvalue weighted by molar-refractivity contribution is 5.86. The summed E-state index contributed by atoms with van der Waals surface area (Å²) in [5.41, 5.74) is 0.811. The molecule has 0 saturated carbocycles. The summed E-state index contributed by atoms with van der Waals surface area (Å²) in [5, 5.41) is 27.1. The van der Waals surface area contributed by atoms with Crippen LogP contribution in [0, 0.1) is 6.92 Å². The Morgan fingerprint density at radius 3 is 2.21 bits per heavy atom. The zero-order valence-electron chi connectivity index (χ0n) is 7.56. The highest BCUT2D eigenvalue weighted by atomic mass is 16.4. The summed E-state index contributed by atoms with van der Waals surface area (Å²) in [7, 11) is 0. The third-order valence-corrected chi connectivity index (χ3v) is 1.67. The number of carbonyl (C=O) groups is 1. The molecule has 0 aliphatic carbocycles. The van der Waals surface area contributed by atoms with E-state index in [9.17, 15) is 15.0 Å². The van der Waals surface area contributed by atoms with Gasteiger partial charge in [-0.25, -0.2) is 4.79 Å². The van der Waals surface area contributed by atoms with Crippen molar-refractivity contribution in [3.63, 3.8) is 0 Å². The summed E-state index contributed by atoms with van der Waals surface area (Å²) in [6, 6.07) is 2.89. The fraction of sp³-hybridized carbons (Fsp3) is 0.100. The van der Waals surface area contributed by atoms with E-state index in [1.165, 1.54) is 12.1 Å². The molecule has 0 radical (unpaired) electrons. The molecule has 1 aromatic carbocycles. The summed E-state index contributed by atoms with van der Waals surface area (Å²) in [6.07, 6.45) is 2.00. The van der Waals surface area contributed by atoms with Crippen molar-refractivity contribution in [2.75, 3.05) is 0 Å². The zero-order chi connectivity index (χ0) is 10.7. The minimum atomic E-state index is -1.13. The van der Waals surface area contributed by atoms with Gasteiger partial charge in [-0.3, -0.25) is 0 Å². The average molecular weight is 194 g/mol. The first-order valence-corrected chi connectivity index (χ1v) is 3.94. The maximum Gasteiger partial charge on any atom is 0.328 e. The maximum atomic E-state index is 10.2. The second kappa shape index (κ2) is 3.83. The molecule has 0 saturated heterocycles. The molecule has 0 bridgehead atoms. The van der Waals surface area contributed by atoms with Gasteiger partial charge in [-0.2, -0.15) is 0 Å². The van der Waals surface area contributed by atoms with Crippen molar-refractivity contribution < 1.29 is 20.1 Å². The predicted molar refractivity (Wildman–Crippen MR) is 51.2 cm³/mol. The van der Waals surface area contributed by atoms with E-state index in [0.717, 1.165) is 12.2 Å². The van der Waals surface area contributed by atoms with Crippen LogP contribution in [0.25, 0.3) is 6.08 Å². The molecule has 4 nitrogen and oxygen atoms in total. The number of aromatic hydroxyl groups is 2. The summed E-state index contributed by atoms with van der Waals surface area (Å²) >= 11 is 0. The number of phenolic OH excluding ortho intramolecular Hbond substituents is 2. The molecular formula is C10H10O4. The molecular weight excluding hydrogens is 184 g/mol. The van der Waals surface area contributed by atoms with Gasteiger partial charge in [-0.15, -0.1) is 0 Å². The third kappa shape index (κ3) is 2.26. The average Bonchev–Trinajstić information content (AvgIpc) is 2.01. The number of aryl methyl sites for hydroxylation is 1. The van der Waals surface area contributed by atoms with E-state index in [1.54, 1.807) is 6.92 Å². The van der Waals surface area contributed by atoms with Crippen LogP contribution in [0.1, 0.15) is 11.1 Å². The second-order valence-corrected chi connectivity index (χ2v) is 2.89. The molecule has 74 valence electrons. The maximum absolute atomic E-state index is 10.2. The van der Waals surface area contributed by atoms with Gasteiger partial charge < -0.3 is 15.3 Å². The lowest BCUT2D eigenvalue weighted by Gasteiger charge is -2.03. The molecule has 0 fully saturated rings. The fourth-order valence-electron chi connectivity index (χ4n) is 1.09. The van der Waals surface area contributed by atoms with Crippen LogP contribution >= 0.6 is 0 Å². The van der Waals surface area contributed by atoms with E-state index in [2.05, 4.69) is 0 Å². The van der Waals surface area contributed by atoms with Gasteiger partial charge in [0.15, 0.2) is 0 Å². The van der Waals surface area contributed by atoms with Crippen molar-refractivity contribution in [2.24, 2.45) is 0 Å². The lowest BCUT2D eigenvalue weighted by Crippen LogP contribution is -1.86. The van der Waals surface area contributed by atoms with Crippen molar-refractivity contribution in [3.05, 3.63) is 29.3 Å². The van der Waals surface area contributed by atoms with Crippen LogP contribution in [0.2, 0.25) is 0 Å². The largest absolute Gasteiger partial charge is 0.507 e. The third-order valence-electron chi connectivity index (χ3n) is 1.67. The van der Waals surface area contributed by atoms with E-state index in [0.29, 0.717) is 5.56 Å². The number of hydrogen-bond acceptors (Lipinski definition) is 3. The number of hydrogen-bond donors (Lipinski definition) is 3. The Morgan fingerprint density at radius 1 is 1.29 bits per heavy atom. The molecule has 4 heteroatoms. The molecule has 0 heterocycles. The van der Waals surface area contributed by atoms with Gasteiger partial charge in [0.1, 0.15) is 11.5 Å². The SMILES string of the molecule is Cc1cc(O)c(/C=C/C(=O)O)c(O)c1. The van der Waals surface area contributed by atoms with Crippen LogP contribution in [-0.4, -0.2) is 21.3 Å². The van der Waals surface area contributed by atoms with Crippen LogP contribution in [-0.2, 0) is 4.79 Å². The molecule has 14 heavy (non-hydrogen) atoms. The summed E-state index contributed by atoms with van der Waals surface area (Å²) in [4.78, 5) is 10.2. The molecule has 0 amide bonds. The van der Waals surface area contributed by atoms with Gasteiger partial charge in [0, 0.05) is 6.08 Å². The molecule has 1 rings (SSSR count). The summed E-state index contributed by atoms with van der Waals surface area (Å²) in [5.74, 6) is -1.41. The number of benzene rings is 1. The van der Waals surface area contributed by atoms with Crippen LogP contribution in [0.3, 0.4) is 0 Å². The van der Waals surface area contributed by atoms with Gasteiger partial charge in [0.2, 0.25) is 0 Å². The Morgan fingerprint density at radius 2 is 1.79 bits per heavy atom. The van der Waals surface area contributed by atoms with Crippen LogP contribution in [0.4, 0.5) is 0 Å². The first-order chi connectivity index (χ1) is 6.50. The van der Waals surface area contributed by atoms with Crippen LogP contribution in [0.5, 0.6) is 11.5 Å². The van der Waals surface area contributed by atoms with Gasteiger partial charge >= 0.3 is 5.97 Å². The molecule has 0 unspecified atom stereocenters. The molecule has 0 atom stereocenters. The second-order valence-electron chi connectivity index (χ2n) is 2.89. The lowest BCUT2D eigenvalue weighted by molar-refractivity contribution is -0.131. The standard InChI is InChI=1S/C10H10O4/c1-6-4-8(11)7(9(12)5-6)2-3-10(13)14/h2-5,11-12H,1H3,(H,13,14)/b3-2+. The molecule has 0 aromatic heterocycles. The molecule has 1 aromatic rings. The normalized spacial score (nSPS) is 10.6. The van der Waals surface area contributed by atoms with Crippen molar-refractivity contribution in [3.8, 4) is 11.5 Å². The molecule has 3 N–H and O–H groups in total. The number of carboxylic acid groups (broad SMARTS) is 1. The van der Waals surface area contributed by atoms with Gasteiger partial charge in [0.05, 0.1) is 5.56 Å². The summed E-state index contributed by atoms with van der Waals surface area (Å²) < 4.78 is 0. The van der Waals surface area contributed by atoms with E-state index < -0.39 is 5.97 Å². The summed E-state index contributed by atoms with van der Waals surface area (Å²) in [6.45, 7) is 1.71. The van der Waals surface area contributed by atoms with E-state index in [1.807, 2.05) is 0 Å². The van der Waals surface area contributed by atoms with Gasteiger partial charge in [-0.05, 0) is 30.7 Å². The monoisotopic (exact) mass is 194 g/mol. The Balaban J connectivity index is 3.15. The molecule has 0 spiro atoms. The van der Waals surface area contributed by atoms with E-state index >= 15 is 0 Å².